The molecule has 1 N–H and O–H groups in total. The molecule has 0 aliphatic heterocycles. The monoisotopic (exact) mass is 313 g/mol. The number of hydrogen-bond donors (Lipinski definition) is 1. The first-order valence-electron chi connectivity index (χ1n) is 6.91. The number of nitrogens with zero attached hydrogens (tertiary/aromatic N) is 3. The Morgan fingerprint density at radius 1 is 1.14 bits per heavy atom. The van der Waals surface area contributed by atoms with Crippen LogP contribution in [-0.4, -0.2) is 45.7 Å². The Balaban J connectivity index is 1.97. The van der Waals surface area contributed by atoms with Gasteiger partial charge in [0.25, 0.3) is 0 Å². The molecule has 0 saturated heterocycles. The van der Waals surface area contributed by atoms with E-state index in [9.17, 15) is 13.2 Å². The lowest BCUT2D eigenvalue weighted by molar-refractivity contribution is -0.147. The van der Waals surface area contributed by atoms with E-state index in [4.69, 9.17) is 5.11 Å². The molecular weight excluding hydrogens is 295 g/mol. The predicted molar refractivity (Wildman–Crippen MR) is 76.2 cm³/mol. The Hall–Kier alpha value is -1.86. The minimum atomic E-state index is -4.28. The fraction of sp³-hybridized carbons (Fsp3) is 0.400. The molecule has 4 nitrogen and oxygen atoms in total. The van der Waals surface area contributed by atoms with Crippen molar-refractivity contribution in [1.29, 1.82) is 0 Å². The number of aromatic nitrogens is 2. The van der Waals surface area contributed by atoms with Crippen LogP contribution in [0.15, 0.2) is 42.7 Å². The van der Waals surface area contributed by atoms with Crippen LogP contribution in [0.5, 0.6) is 0 Å². The SMILES string of the molecule is OCCN(Cc1cnn(Cc2ccccc2)c1)CC(F)(F)F. The van der Waals surface area contributed by atoms with E-state index in [1.807, 2.05) is 30.3 Å². The van der Waals surface area contributed by atoms with Crippen LogP contribution in [0.4, 0.5) is 13.2 Å². The normalized spacial score (nSPS) is 12.0. The molecule has 1 aromatic carbocycles. The van der Waals surface area contributed by atoms with Crippen molar-refractivity contribution >= 4 is 0 Å². The summed E-state index contributed by atoms with van der Waals surface area (Å²) >= 11 is 0. The molecule has 2 aromatic rings. The van der Waals surface area contributed by atoms with Gasteiger partial charge in [-0.1, -0.05) is 30.3 Å². The lowest BCUT2D eigenvalue weighted by Gasteiger charge is -2.21. The van der Waals surface area contributed by atoms with Crippen LogP contribution in [0.3, 0.4) is 0 Å². The van der Waals surface area contributed by atoms with Crippen LogP contribution < -0.4 is 0 Å². The maximum Gasteiger partial charge on any atom is 0.401 e. The summed E-state index contributed by atoms with van der Waals surface area (Å²) < 4.78 is 39.1. The average molecular weight is 313 g/mol. The van der Waals surface area contributed by atoms with E-state index in [1.54, 1.807) is 17.1 Å². The molecule has 22 heavy (non-hydrogen) atoms. The smallest absolute Gasteiger partial charge is 0.395 e. The van der Waals surface area contributed by atoms with Crippen LogP contribution in [-0.2, 0) is 13.1 Å². The second kappa shape index (κ2) is 7.42. The molecule has 0 saturated carbocycles. The molecule has 7 heteroatoms. The van der Waals surface area contributed by atoms with Crippen LogP contribution >= 0.6 is 0 Å². The third kappa shape index (κ3) is 5.50. The van der Waals surface area contributed by atoms with Gasteiger partial charge in [0.1, 0.15) is 0 Å². The van der Waals surface area contributed by atoms with Gasteiger partial charge < -0.3 is 5.11 Å². The van der Waals surface area contributed by atoms with Gasteiger partial charge in [-0.25, -0.2) is 0 Å². The predicted octanol–water partition coefficient (Wildman–Crippen LogP) is 2.29. The van der Waals surface area contributed by atoms with Crippen molar-refractivity contribution in [3.8, 4) is 0 Å². The standard InChI is InChI=1S/C15H18F3N3O/c16-15(17,18)12-20(6-7-22)9-14-8-19-21(11-14)10-13-4-2-1-3-5-13/h1-5,8,11,22H,6-7,9-10,12H2. The fourth-order valence-corrected chi connectivity index (χ4v) is 2.21. The molecular formula is C15H18F3N3O. The van der Waals surface area contributed by atoms with Crippen molar-refractivity contribution in [2.75, 3.05) is 19.7 Å². The average Bonchev–Trinajstić information content (AvgIpc) is 2.85. The second-order valence-corrected chi connectivity index (χ2v) is 5.08. The van der Waals surface area contributed by atoms with Crippen molar-refractivity contribution in [3.05, 3.63) is 53.9 Å². The summed E-state index contributed by atoms with van der Waals surface area (Å²) in [5.41, 5.74) is 1.76. The quantitative estimate of drug-likeness (QED) is 0.853. The molecule has 0 atom stereocenters. The van der Waals surface area contributed by atoms with Crippen molar-refractivity contribution in [2.24, 2.45) is 0 Å². The van der Waals surface area contributed by atoms with Crippen LogP contribution in [0.2, 0.25) is 0 Å². The van der Waals surface area contributed by atoms with Gasteiger partial charge in [-0.05, 0) is 5.56 Å². The highest BCUT2D eigenvalue weighted by Crippen LogP contribution is 2.18. The number of alkyl halides is 3. The van der Waals surface area contributed by atoms with Gasteiger partial charge in [0, 0.05) is 24.8 Å². The minimum absolute atomic E-state index is 0.0244. The number of aliphatic hydroxyl groups excluding tert-OH is 1. The Labute approximate surface area is 126 Å². The first-order chi connectivity index (χ1) is 10.5. The Kier molecular flexibility index (Phi) is 5.57. The van der Waals surface area contributed by atoms with Gasteiger partial charge in [-0.3, -0.25) is 9.58 Å². The van der Waals surface area contributed by atoms with Gasteiger partial charge in [0.05, 0.1) is 25.9 Å². The first kappa shape index (κ1) is 16.5. The van der Waals surface area contributed by atoms with E-state index in [0.29, 0.717) is 12.1 Å². The third-order valence-corrected chi connectivity index (χ3v) is 3.10. The molecule has 2 rings (SSSR count). The molecule has 0 spiro atoms. The number of halogens is 3. The molecule has 1 heterocycles. The molecule has 0 amide bonds. The number of aliphatic hydroxyl groups is 1. The maximum absolute atomic E-state index is 12.5. The summed E-state index contributed by atoms with van der Waals surface area (Å²) in [6.45, 7) is -0.704. The lowest BCUT2D eigenvalue weighted by Crippen LogP contribution is -2.35. The van der Waals surface area contributed by atoms with Gasteiger partial charge in [-0.2, -0.15) is 18.3 Å². The highest BCUT2D eigenvalue weighted by molar-refractivity contribution is 5.15. The summed E-state index contributed by atoms with van der Waals surface area (Å²) in [6.07, 6.45) is -0.993. The van der Waals surface area contributed by atoms with Gasteiger partial charge in [0.15, 0.2) is 0 Å². The fourth-order valence-electron chi connectivity index (χ4n) is 2.21. The summed E-state index contributed by atoms with van der Waals surface area (Å²) in [5.74, 6) is 0. The summed E-state index contributed by atoms with van der Waals surface area (Å²) in [5, 5.41) is 13.0. The molecule has 0 aliphatic rings. The zero-order valence-corrected chi connectivity index (χ0v) is 12.0. The summed E-state index contributed by atoms with van der Waals surface area (Å²) in [7, 11) is 0. The molecule has 0 unspecified atom stereocenters. The van der Waals surface area contributed by atoms with Crippen molar-refractivity contribution < 1.29 is 18.3 Å². The van der Waals surface area contributed by atoms with E-state index in [-0.39, 0.29) is 19.7 Å². The molecule has 1 aromatic heterocycles. The Morgan fingerprint density at radius 2 is 1.86 bits per heavy atom. The third-order valence-electron chi connectivity index (χ3n) is 3.10. The van der Waals surface area contributed by atoms with E-state index in [0.717, 1.165) is 10.5 Å². The molecule has 0 fully saturated rings. The van der Waals surface area contributed by atoms with Crippen LogP contribution in [0.25, 0.3) is 0 Å². The minimum Gasteiger partial charge on any atom is -0.395 e. The topological polar surface area (TPSA) is 41.3 Å². The second-order valence-electron chi connectivity index (χ2n) is 5.08. The Bertz CT molecular complexity index is 569. The van der Waals surface area contributed by atoms with Gasteiger partial charge >= 0.3 is 6.18 Å². The number of hydrogen-bond acceptors (Lipinski definition) is 3. The van der Waals surface area contributed by atoms with Gasteiger partial charge in [0.2, 0.25) is 0 Å². The number of benzene rings is 1. The van der Waals surface area contributed by atoms with E-state index in [1.165, 1.54) is 0 Å². The molecule has 120 valence electrons. The van der Waals surface area contributed by atoms with E-state index < -0.39 is 12.7 Å². The van der Waals surface area contributed by atoms with E-state index >= 15 is 0 Å². The zero-order chi connectivity index (χ0) is 16.0. The number of rotatable bonds is 7. The van der Waals surface area contributed by atoms with Crippen LogP contribution in [0, 0.1) is 0 Å². The summed E-state index contributed by atoms with van der Waals surface area (Å²) in [6, 6.07) is 9.69. The Morgan fingerprint density at radius 3 is 2.50 bits per heavy atom. The summed E-state index contributed by atoms with van der Waals surface area (Å²) in [4.78, 5) is 1.16. The van der Waals surface area contributed by atoms with E-state index in [2.05, 4.69) is 5.10 Å². The van der Waals surface area contributed by atoms with Gasteiger partial charge in [-0.15, -0.1) is 0 Å². The zero-order valence-electron chi connectivity index (χ0n) is 12.0. The van der Waals surface area contributed by atoms with Crippen molar-refractivity contribution in [1.82, 2.24) is 14.7 Å². The van der Waals surface area contributed by atoms with Crippen molar-refractivity contribution in [2.45, 2.75) is 19.3 Å². The molecule has 0 radical (unpaired) electrons. The largest absolute Gasteiger partial charge is 0.401 e. The highest BCUT2D eigenvalue weighted by atomic mass is 19.4. The lowest BCUT2D eigenvalue weighted by atomic mass is 10.2. The van der Waals surface area contributed by atoms with Crippen LogP contribution in [0.1, 0.15) is 11.1 Å². The molecule has 0 aliphatic carbocycles. The van der Waals surface area contributed by atoms with Crippen molar-refractivity contribution in [3.63, 3.8) is 0 Å². The maximum atomic E-state index is 12.5. The highest BCUT2D eigenvalue weighted by Gasteiger charge is 2.30. The first-order valence-corrected chi connectivity index (χ1v) is 6.91. The molecule has 0 bridgehead atoms.